The number of fused-ring (bicyclic) bond motifs is 3. The fourth-order valence-corrected chi connectivity index (χ4v) is 4.54. The Morgan fingerprint density at radius 1 is 1.30 bits per heavy atom. The van der Waals surface area contributed by atoms with Gasteiger partial charge in [-0.1, -0.05) is 6.42 Å². The second kappa shape index (κ2) is 4.88. The van der Waals surface area contributed by atoms with Gasteiger partial charge < -0.3 is 10.3 Å². The van der Waals surface area contributed by atoms with Gasteiger partial charge in [-0.3, -0.25) is 0 Å². The molecule has 0 spiro atoms. The Labute approximate surface area is 120 Å². The number of aromatic nitrogens is 2. The molecule has 3 unspecified atom stereocenters. The fourth-order valence-electron chi connectivity index (χ4n) is 4.54. The van der Waals surface area contributed by atoms with E-state index in [1.54, 1.807) is 0 Å². The van der Waals surface area contributed by atoms with Gasteiger partial charge in [0.15, 0.2) is 0 Å². The van der Waals surface area contributed by atoms with E-state index in [-0.39, 0.29) is 0 Å². The summed E-state index contributed by atoms with van der Waals surface area (Å²) in [6, 6.07) is 4.22. The summed E-state index contributed by atoms with van der Waals surface area (Å²) in [6.07, 6.45) is 11.0. The van der Waals surface area contributed by atoms with E-state index in [0.717, 1.165) is 36.4 Å². The largest absolute Gasteiger partial charge is 0.332 e. The molecule has 3 nitrogen and oxygen atoms in total. The zero-order valence-corrected chi connectivity index (χ0v) is 12.0. The maximum atomic E-state index is 5.74. The van der Waals surface area contributed by atoms with Crippen LogP contribution in [0.5, 0.6) is 0 Å². The van der Waals surface area contributed by atoms with Crippen LogP contribution in [0.1, 0.15) is 31.2 Å². The van der Waals surface area contributed by atoms with Crippen LogP contribution in [0.4, 0.5) is 0 Å². The van der Waals surface area contributed by atoms with Crippen molar-refractivity contribution >= 4 is 11.0 Å². The Kier molecular flexibility index (Phi) is 3.03. The molecule has 20 heavy (non-hydrogen) atoms. The van der Waals surface area contributed by atoms with Gasteiger partial charge in [0.2, 0.25) is 0 Å². The van der Waals surface area contributed by atoms with Gasteiger partial charge in [-0.25, -0.2) is 4.98 Å². The van der Waals surface area contributed by atoms with Gasteiger partial charge in [0.1, 0.15) is 5.65 Å². The van der Waals surface area contributed by atoms with Crippen molar-refractivity contribution < 1.29 is 0 Å². The van der Waals surface area contributed by atoms with Crippen molar-refractivity contribution in [1.29, 1.82) is 0 Å². The molecule has 2 N–H and O–H groups in total. The minimum absolute atomic E-state index is 0.710. The molecule has 2 aromatic rings. The highest BCUT2D eigenvalue weighted by molar-refractivity contribution is 5.80. The smallest absolute Gasteiger partial charge is 0.140 e. The minimum atomic E-state index is 0.710. The van der Waals surface area contributed by atoms with E-state index in [2.05, 4.69) is 21.8 Å². The number of nitrogens with two attached hydrogens (primary N) is 1. The first-order valence-electron chi connectivity index (χ1n) is 7.98. The first-order chi connectivity index (χ1) is 9.85. The summed E-state index contributed by atoms with van der Waals surface area (Å²) in [6.45, 7) is 1.86. The third-order valence-electron chi connectivity index (χ3n) is 5.45. The molecule has 2 aromatic heterocycles. The molecule has 2 aliphatic rings. The minimum Gasteiger partial charge on any atom is -0.332 e. The van der Waals surface area contributed by atoms with Gasteiger partial charge in [0, 0.05) is 24.3 Å². The standard InChI is InChI=1S/C17H23N3/c18-6-5-14-10-20(17-16(14)2-1-7-19-17)11-15-9-12-3-4-13(15)8-12/h1-2,7,10,12-13,15H,3-6,8-9,11,18H2. The molecule has 3 heteroatoms. The third-order valence-corrected chi connectivity index (χ3v) is 5.45. The molecule has 2 aliphatic carbocycles. The summed E-state index contributed by atoms with van der Waals surface area (Å²) in [4.78, 5) is 4.61. The van der Waals surface area contributed by atoms with Crippen molar-refractivity contribution in [2.24, 2.45) is 23.5 Å². The van der Waals surface area contributed by atoms with Gasteiger partial charge in [-0.15, -0.1) is 0 Å². The molecular formula is C17H23N3. The Balaban J connectivity index is 1.65. The van der Waals surface area contributed by atoms with Crippen LogP contribution in [0.15, 0.2) is 24.5 Å². The summed E-state index contributed by atoms with van der Waals surface area (Å²) >= 11 is 0. The van der Waals surface area contributed by atoms with E-state index in [1.807, 2.05) is 12.3 Å². The summed E-state index contributed by atoms with van der Waals surface area (Å²) in [5.41, 5.74) is 8.26. The van der Waals surface area contributed by atoms with Gasteiger partial charge in [0.05, 0.1) is 0 Å². The molecular weight excluding hydrogens is 246 g/mol. The molecule has 2 heterocycles. The van der Waals surface area contributed by atoms with Crippen LogP contribution in [0, 0.1) is 17.8 Å². The lowest BCUT2D eigenvalue weighted by Crippen LogP contribution is -2.17. The number of hydrogen-bond acceptors (Lipinski definition) is 2. The summed E-state index contributed by atoms with van der Waals surface area (Å²) in [7, 11) is 0. The zero-order chi connectivity index (χ0) is 13.5. The Bertz CT molecular complexity index is 616. The second-order valence-electron chi connectivity index (χ2n) is 6.65. The van der Waals surface area contributed by atoms with Crippen molar-refractivity contribution in [1.82, 2.24) is 9.55 Å². The summed E-state index contributed by atoms with van der Waals surface area (Å²) < 4.78 is 2.39. The van der Waals surface area contributed by atoms with Gasteiger partial charge >= 0.3 is 0 Å². The van der Waals surface area contributed by atoms with Crippen molar-refractivity contribution in [3.63, 3.8) is 0 Å². The van der Waals surface area contributed by atoms with Crippen molar-refractivity contribution in [2.45, 2.75) is 38.6 Å². The Morgan fingerprint density at radius 3 is 3.00 bits per heavy atom. The highest BCUT2D eigenvalue weighted by Crippen LogP contribution is 2.49. The van der Waals surface area contributed by atoms with Gasteiger partial charge in [-0.05, 0) is 67.7 Å². The molecule has 2 saturated carbocycles. The lowest BCUT2D eigenvalue weighted by atomic mass is 9.89. The van der Waals surface area contributed by atoms with Crippen LogP contribution < -0.4 is 5.73 Å². The molecule has 0 aromatic carbocycles. The van der Waals surface area contributed by atoms with E-state index in [0.29, 0.717) is 6.54 Å². The summed E-state index contributed by atoms with van der Waals surface area (Å²) in [5.74, 6) is 2.86. The lowest BCUT2D eigenvalue weighted by Gasteiger charge is -2.22. The highest BCUT2D eigenvalue weighted by Gasteiger charge is 2.39. The third kappa shape index (κ3) is 1.96. The van der Waals surface area contributed by atoms with Crippen LogP contribution in [-0.4, -0.2) is 16.1 Å². The van der Waals surface area contributed by atoms with Crippen LogP contribution >= 0.6 is 0 Å². The van der Waals surface area contributed by atoms with E-state index in [4.69, 9.17) is 5.73 Å². The number of pyridine rings is 1. The van der Waals surface area contributed by atoms with Crippen LogP contribution in [-0.2, 0) is 13.0 Å². The Hall–Kier alpha value is -1.35. The topological polar surface area (TPSA) is 43.8 Å². The van der Waals surface area contributed by atoms with Crippen LogP contribution in [0.2, 0.25) is 0 Å². The first kappa shape index (κ1) is 12.4. The quantitative estimate of drug-likeness (QED) is 0.927. The molecule has 3 atom stereocenters. The van der Waals surface area contributed by atoms with Crippen molar-refractivity contribution in [3.8, 4) is 0 Å². The average Bonchev–Trinajstić information content (AvgIpc) is 3.15. The van der Waals surface area contributed by atoms with Crippen LogP contribution in [0.25, 0.3) is 11.0 Å². The number of nitrogens with zero attached hydrogens (tertiary/aromatic N) is 2. The molecule has 0 aliphatic heterocycles. The molecule has 0 amide bonds. The normalized spacial score (nSPS) is 28.6. The maximum absolute atomic E-state index is 5.74. The second-order valence-corrected chi connectivity index (χ2v) is 6.65. The lowest BCUT2D eigenvalue weighted by molar-refractivity contribution is 0.298. The Morgan fingerprint density at radius 2 is 2.25 bits per heavy atom. The maximum Gasteiger partial charge on any atom is 0.140 e. The van der Waals surface area contributed by atoms with Crippen molar-refractivity contribution in [3.05, 3.63) is 30.1 Å². The molecule has 2 bridgehead atoms. The zero-order valence-electron chi connectivity index (χ0n) is 12.0. The van der Waals surface area contributed by atoms with Crippen LogP contribution in [0.3, 0.4) is 0 Å². The molecule has 106 valence electrons. The molecule has 0 radical (unpaired) electrons. The number of hydrogen-bond donors (Lipinski definition) is 1. The fraction of sp³-hybridized carbons (Fsp3) is 0.588. The average molecular weight is 269 g/mol. The SMILES string of the molecule is NCCc1cn(CC2CC3CCC2C3)c2ncccc12. The number of rotatable bonds is 4. The van der Waals surface area contributed by atoms with Gasteiger partial charge in [-0.2, -0.15) is 0 Å². The molecule has 2 fully saturated rings. The molecule has 0 saturated heterocycles. The van der Waals surface area contributed by atoms with E-state index >= 15 is 0 Å². The predicted molar refractivity (Wildman–Crippen MR) is 81.4 cm³/mol. The van der Waals surface area contributed by atoms with E-state index in [9.17, 15) is 0 Å². The highest BCUT2D eigenvalue weighted by atomic mass is 15.0. The monoisotopic (exact) mass is 269 g/mol. The van der Waals surface area contributed by atoms with E-state index in [1.165, 1.54) is 36.6 Å². The van der Waals surface area contributed by atoms with Gasteiger partial charge in [0.25, 0.3) is 0 Å². The van der Waals surface area contributed by atoms with Crippen molar-refractivity contribution in [2.75, 3.05) is 6.54 Å². The predicted octanol–water partition coefficient (Wildman–Crippen LogP) is 2.97. The molecule has 4 rings (SSSR count). The van der Waals surface area contributed by atoms with E-state index < -0.39 is 0 Å². The summed E-state index contributed by atoms with van der Waals surface area (Å²) in [5, 5.41) is 1.29. The first-order valence-corrected chi connectivity index (χ1v) is 7.98.